The van der Waals surface area contributed by atoms with E-state index in [0.717, 1.165) is 12.8 Å². The summed E-state index contributed by atoms with van der Waals surface area (Å²) in [6, 6.07) is 10.5. The Hall–Kier alpha value is -2.10. The Kier molecular flexibility index (Phi) is 5.46. The minimum atomic E-state index is 0.00915. The van der Waals surface area contributed by atoms with E-state index >= 15 is 0 Å². The summed E-state index contributed by atoms with van der Waals surface area (Å²) in [5, 5.41) is 7.50. The standard InChI is InChI=1S/C19H25N3O/c23-19(21-18-11-7-2-1-3-8-12-18)17-13-20-22(15-17)14-16-9-5-4-6-10-16/h4-6,9-10,13,15,18H,1-3,7-8,11-12,14H2,(H,21,23). The van der Waals surface area contributed by atoms with Crippen molar-refractivity contribution in [1.82, 2.24) is 15.1 Å². The van der Waals surface area contributed by atoms with Crippen molar-refractivity contribution >= 4 is 5.91 Å². The number of benzene rings is 1. The van der Waals surface area contributed by atoms with Crippen LogP contribution in [-0.2, 0) is 6.54 Å². The molecular weight excluding hydrogens is 286 g/mol. The molecule has 0 aliphatic heterocycles. The van der Waals surface area contributed by atoms with Crippen LogP contribution in [-0.4, -0.2) is 21.7 Å². The molecule has 1 heterocycles. The van der Waals surface area contributed by atoms with Crippen LogP contribution in [0.25, 0.3) is 0 Å². The molecule has 1 N–H and O–H groups in total. The van der Waals surface area contributed by atoms with Crippen molar-refractivity contribution in [2.75, 3.05) is 0 Å². The number of amides is 1. The average Bonchev–Trinajstić information content (AvgIpc) is 2.99. The molecule has 1 amide bonds. The second kappa shape index (κ2) is 7.95. The number of aromatic nitrogens is 2. The lowest BCUT2D eigenvalue weighted by molar-refractivity contribution is 0.0930. The van der Waals surface area contributed by atoms with E-state index in [9.17, 15) is 4.79 Å². The van der Waals surface area contributed by atoms with Gasteiger partial charge in [0, 0.05) is 12.2 Å². The van der Waals surface area contributed by atoms with Crippen molar-refractivity contribution in [3.63, 3.8) is 0 Å². The van der Waals surface area contributed by atoms with Gasteiger partial charge < -0.3 is 5.32 Å². The maximum Gasteiger partial charge on any atom is 0.254 e. The van der Waals surface area contributed by atoms with Gasteiger partial charge in [0.15, 0.2) is 0 Å². The number of hydrogen-bond acceptors (Lipinski definition) is 2. The molecule has 23 heavy (non-hydrogen) atoms. The van der Waals surface area contributed by atoms with Crippen LogP contribution in [0.2, 0.25) is 0 Å². The van der Waals surface area contributed by atoms with E-state index in [-0.39, 0.29) is 5.91 Å². The lowest BCUT2D eigenvalue weighted by Gasteiger charge is -2.20. The molecular formula is C19H25N3O. The first kappa shape index (κ1) is 15.8. The summed E-state index contributed by atoms with van der Waals surface area (Å²) >= 11 is 0. The maximum atomic E-state index is 12.4. The molecule has 1 aliphatic rings. The molecule has 0 radical (unpaired) electrons. The molecule has 0 saturated heterocycles. The molecule has 3 rings (SSSR count). The van der Waals surface area contributed by atoms with E-state index in [1.54, 1.807) is 6.20 Å². The Morgan fingerprint density at radius 2 is 1.78 bits per heavy atom. The Morgan fingerprint density at radius 1 is 1.09 bits per heavy atom. The molecule has 2 aromatic rings. The molecule has 0 atom stereocenters. The Morgan fingerprint density at radius 3 is 2.52 bits per heavy atom. The Bertz CT molecular complexity index is 613. The van der Waals surface area contributed by atoms with Crippen LogP contribution in [0.5, 0.6) is 0 Å². The van der Waals surface area contributed by atoms with Gasteiger partial charge in [-0.3, -0.25) is 9.48 Å². The van der Waals surface area contributed by atoms with Crippen LogP contribution < -0.4 is 5.32 Å². The molecule has 122 valence electrons. The van der Waals surface area contributed by atoms with Gasteiger partial charge in [-0.05, 0) is 18.4 Å². The maximum absolute atomic E-state index is 12.4. The van der Waals surface area contributed by atoms with Gasteiger partial charge in [0.2, 0.25) is 0 Å². The number of rotatable bonds is 4. The third-order valence-corrected chi connectivity index (χ3v) is 4.52. The summed E-state index contributed by atoms with van der Waals surface area (Å²) in [6.07, 6.45) is 12.1. The van der Waals surface area contributed by atoms with Gasteiger partial charge in [0.25, 0.3) is 5.91 Å². The summed E-state index contributed by atoms with van der Waals surface area (Å²) < 4.78 is 1.82. The zero-order valence-corrected chi connectivity index (χ0v) is 13.6. The third kappa shape index (κ3) is 4.68. The van der Waals surface area contributed by atoms with Crippen molar-refractivity contribution in [2.45, 2.75) is 57.5 Å². The van der Waals surface area contributed by atoms with Crippen molar-refractivity contribution in [1.29, 1.82) is 0 Å². The van der Waals surface area contributed by atoms with Crippen molar-refractivity contribution in [3.05, 3.63) is 53.9 Å². The number of carbonyl (C=O) groups excluding carboxylic acids is 1. The fourth-order valence-electron chi connectivity index (χ4n) is 3.21. The minimum Gasteiger partial charge on any atom is -0.349 e. The Labute approximate surface area is 137 Å². The summed E-state index contributed by atoms with van der Waals surface area (Å²) in [5.74, 6) is 0.00915. The molecule has 4 nitrogen and oxygen atoms in total. The van der Waals surface area contributed by atoms with Crippen LogP contribution in [0.1, 0.15) is 60.9 Å². The minimum absolute atomic E-state index is 0.00915. The van der Waals surface area contributed by atoms with E-state index in [4.69, 9.17) is 0 Å². The van der Waals surface area contributed by atoms with Crippen LogP contribution in [0.15, 0.2) is 42.7 Å². The highest BCUT2D eigenvalue weighted by Crippen LogP contribution is 2.17. The second-order valence-electron chi connectivity index (χ2n) is 6.43. The predicted octanol–water partition coefficient (Wildman–Crippen LogP) is 3.77. The third-order valence-electron chi connectivity index (χ3n) is 4.52. The fourth-order valence-corrected chi connectivity index (χ4v) is 3.21. The van der Waals surface area contributed by atoms with Gasteiger partial charge in [-0.1, -0.05) is 62.4 Å². The fraction of sp³-hybridized carbons (Fsp3) is 0.474. The summed E-state index contributed by atoms with van der Waals surface area (Å²) in [7, 11) is 0. The molecule has 1 fully saturated rings. The molecule has 1 aromatic heterocycles. The van der Waals surface area contributed by atoms with Gasteiger partial charge in [0.05, 0.1) is 18.3 Å². The van der Waals surface area contributed by atoms with Crippen LogP contribution in [0, 0.1) is 0 Å². The van der Waals surface area contributed by atoms with Crippen LogP contribution >= 0.6 is 0 Å². The van der Waals surface area contributed by atoms with Crippen molar-refractivity contribution < 1.29 is 4.79 Å². The largest absolute Gasteiger partial charge is 0.349 e. The van der Waals surface area contributed by atoms with Crippen LogP contribution in [0.3, 0.4) is 0 Å². The first-order chi connectivity index (χ1) is 11.3. The molecule has 1 aliphatic carbocycles. The summed E-state index contributed by atoms with van der Waals surface area (Å²) in [4.78, 5) is 12.4. The van der Waals surface area contributed by atoms with E-state index in [1.165, 1.54) is 37.7 Å². The highest BCUT2D eigenvalue weighted by molar-refractivity contribution is 5.93. The lowest BCUT2D eigenvalue weighted by Crippen LogP contribution is -2.35. The van der Waals surface area contributed by atoms with Gasteiger partial charge in [-0.2, -0.15) is 5.10 Å². The molecule has 1 aromatic carbocycles. The van der Waals surface area contributed by atoms with E-state index in [0.29, 0.717) is 18.2 Å². The quantitative estimate of drug-likeness (QED) is 0.934. The number of nitrogens with one attached hydrogen (secondary N) is 1. The van der Waals surface area contributed by atoms with Gasteiger partial charge >= 0.3 is 0 Å². The topological polar surface area (TPSA) is 46.9 Å². The first-order valence-electron chi connectivity index (χ1n) is 8.68. The SMILES string of the molecule is O=C(NC1CCCCCCC1)c1cnn(Cc2ccccc2)c1. The van der Waals surface area contributed by atoms with Crippen molar-refractivity contribution in [2.24, 2.45) is 0 Å². The zero-order valence-electron chi connectivity index (χ0n) is 13.6. The number of hydrogen-bond donors (Lipinski definition) is 1. The zero-order chi connectivity index (χ0) is 15.9. The van der Waals surface area contributed by atoms with Gasteiger partial charge in [-0.25, -0.2) is 0 Å². The predicted molar refractivity (Wildman–Crippen MR) is 91.3 cm³/mol. The molecule has 0 bridgehead atoms. The van der Waals surface area contributed by atoms with Gasteiger partial charge in [-0.15, -0.1) is 0 Å². The van der Waals surface area contributed by atoms with E-state index < -0.39 is 0 Å². The molecule has 0 spiro atoms. The van der Waals surface area contributed by atoms with E-state index in [2.05, 4.69) is 22.5 Å². The molecule has 1 saturated carbocycles. The van der Waals surface area contributed by atoms with Gasteiger partial charge in [0.1, 0.15) is 0 Å². The summed E-state index contributed by atoms with van der Waals surface area (Å²) in [5.41, 5.74) is 1.84. The average molecular weight is 311 g/mol. The monoisotopic (exact) mass is 311 g/mol. The Balaban J connectivity index is 1.57. The highest BCUT2D eigenvalue weighted by Gasteiger charge is 2.16. The van der Waals surface area contributed by atoms with Crippen molar-refractivity contribution in [3.8, 4) is 0 Å². The number of nitrogens with zero attached hydrogens (tertiary/aromatic N) is 2. The number of carbonyl (C=O) groups is 1. The first-order valence-corrected chi connectivity index (χ1v) is 8.68. The smallest absolute Gasteiger partial charge is 0.254 e. The molecule has 0 unspecified atom stereocenters. The van der Waals surface area contributed by atoms with Crippen LogP contribution in [0.4, 0.5) is 0 Å². The second-order valence-corrected chi connectivity index (χ2v) is 6.43. The highest BCUT2D eigenvalue weighted by atomic mass is 16.1. The van der Waals surface area contributed by atoms with E-state index in [1.807, 2.05) is 29.1 Å². The molecule has 4 heteroatoms. The lowest BCUT2D eigenvalue weighted by atomic mass is 9.96. The summed E-state index contributed by atoms with van der Waals surface area (Å²) in [6.45, 7) is 0.692. The normalized spacial score (nSPS) is 16.5.